The predicted molar refractivity (Wildman–Crippen MR) is 70.6 cm³/mol. The first-order valence-electron chi connectivity index (χ1n) is 5.72. The van der Waals surface area contributed by atoms with Crippen LogP contribution in [0.2, 0.25) is 0 Å². The Morgan fingerprint density at radius 2 is 1.90 bits per heavy atom. The standard InChI is InChI=1S/C11H14N2O6S/c14-11(15)2-1-7-20(18,19)12-8-9-3-5-10(6-4-9)13(16)17/h3-6,12H,1-2,7-8H2,(H,14,15). The van der Waals surface area contributed by atoms with E-state index in [1.165, 1.54) is 24.3 Å². The second-order valence-electron chi connectivity index (χ2n) is 4.06. The quantitative estimate of drug-likeness (QED) is 0.542. The molecule has 0 heterocycles. The third kappa shape index (κ3) is 5.76. The van der Waals surface area contributed by atoms with Crippen molar-refractivity contribution in [3.05, 3.63) is 39.9 Å². The van der Waals surface area contributed by atoms with Gasteiger partial charge in [-0.05, 0) is 12.0 Å². The molecule has 2 N–H and O–H groups in total. The van der Waals surface area contributed by atoms with Crippen LogP contribution in [0.3, 0.4) is 0 Å². The minimum Gasteiger partial charge on any atom is -0.481 e. The molecular formula is C11H14N2O6S. The number of hydrogen-bond donors (Lipinski definition) is 2. The van der Waals surface area contributed by atoms with Gasteiger partial charge in [0.1, 0.15) is 0 Å². The molecule has 0 amide bonds. The summed E-state index contributed by atoms with van der Waals surface area (Å²) in [6.07, 6.45) is -0.177. The fourth-order valence-corrected chi connectivity index (χ4v) is 2.47. The van der Waals surface area contributed by atoms with Crippen LogP contribution in [-0.2, 0) is 21.4 Å². The van der Waals surface area contributed by atoms with Crippen molar-refractivity contribution in [3.63, 3.8) is 0 Å². The molecule has 0 aliphatic carbocycles. The Morgan fingerprint density at radius 3 is 2.40 bits per heavy atom. The van der Waals surface area contributed by atoms with Crippen molar-refractivity contribution in [3.8, 4) is 0 Å². The summed E-state index contributed by atoms with van der Waals surface area (Å²) in [5.41, 5.74) is 0.510. The molecule has 1 aromatic rings. The second kappa shape index (κ2) is 6.96. The first-order chi connectivity index (χ1) is 9.30. The van der Waals surface area contributed by atoms with E-state index < -0.39 is 20.9 Å². The van der Waals surface area contributed by atoms with Crippen molar-refractivity contribution in [1.82, 2.24) is 4.72 Å². The van der Waals surface area contributed by atoms with Crippen LogP contribution in [0.15, 0.2) is 24.3 Å². The summed E-state index contributed by atoms with van der Waals surface area (Å²) in [4.78, 5) is 20.2. The summed E-state index contributed by atoms with van der Waals surface area (Å²) in [5, 5.41) is 18.9. The number of nitro benzene ring substituents is 1. The average molecular weight is 302 g/mol. The molecule has 0 aliphatic heterocycles. The fourth-order valence-electron chi connectivity index (χ4n) is 1.41. The summed E-state index contributed by atoms with van der Waals surface area (Å²) in [6, 6.07) is 5.48. The first kappa shape index (κ1) is 16.1. The lowest BCUT2D eigenvalue weighted by atomic mass is 10.2. The Balaban J connectivity index is 2.49. The van der Waals surface area contributed by atoms with Gasteiger partial charge in [-0.15, -0.1) is 0 Å². The van der Waals surface area contributed by atoms with Crippen LogP contribution in [0.25, 0.3) is 0 Å². The highest BCUT2D eigenvalue weighted by Gasteiger charge is 2.11. The molecule has 1 aromatic carbocycles. The Morgan fingerprint density at radius 1 is 1.30 bits per heavy atom. The van der Waals surface area contributed by atoms with Crippen LogP contribution in [0.1, 0.15) is 18.4 Å². The lowest BCUT2D eigenvalue weighted by Gasteiger charge is -2.06. The third-order valence-electron chi connectivity index (χ3n) is 2.45. The SMILES string of the molecule is O=C(O)CCCS(=O)(=O)NCc1ccc([N+](=O)[O-])cc1. The topological polar surface area (TPSA) is 127 Å². The van der Waals surface area contributed by atoms with Crippen molar-refractivity contribution in [2.45, 2.75) is 19.4 Å². The minimum absolute atomic E-state index is 0.00734. The molecule has 0 aliphatic rings. The van der Waals surface area contributed by atoms with Gasteiger partial charge in [0.15, 0.2) is 0 Å². The molecule has 9 heteroatoms. The van der Waals surface area contributed by atoms with E-state index >= 15 is 0 Å². The zero-order chi connectivity index (χ0) is 15.2. The first-order valence-corrected chi connectivity index (χ1v) is 7.38. The molecule has 0 saturated carbocycles. The van der Waals surface area contributed by atoms with Gasteiger partial charge < -0.3 is 5.11 Å². The van der Waals surface area contributed by atoms with Crippen molar-refractivity contribution in [2.24, 2.45) is 0 Å². The number of benzene rings is 1. The van der Waals surface area contributed by atoms with E-state index in [0.29, 0.717) is 5.56 Å². The zero-order valence-corrected chi connectivity index (χ0v) is 11.3. The van der Waals surface area contributed by atoms with Crippen molar-refractivity contribution >= 4 is 21.7 Å². The molecule has 0 bridgehead atoms. The summed E-state index contributed by atoms with van der Waals surface area (Å²) in [5.74, 6) is -1.32. The summed E-state index contributed by atoms with van der Waals surface area (Å²) >= 11 is 0. The van der Waals surface area contributed by atoms with Crippen LogP contribution < -0.4 is 4.72 Å². The van der Waals surface area contributed by atoms with Gasteiger partial charge in [-0.25, -0.2) is 13.1 Å². The molecule has 0 unspecified atom stereocenters. The normalized spacial score (nSPS) is 11.2. The molecule has 0 saturated heterocycles. The maximum atomic E-state index is 11.5. The smallest absolute Gasteiger partial charge is 0.303 e. The van der Waals surface area contributed by atoms with E-state index in [9.17, 15) is 23.3 Å². The fraction of sp³-hybridized carbons (Fsp3) is 0.364. The van der Waals surface area contributed by atoms with Crippen LogP contribution in [-0.4, -0.2) is 30.2 Å². The molecule has 8 nitrogen and oxygen atoms in total. The lowest BCUT2D eigenvalue weighted by Crippen LogP contribution is -2.26. The molecule has 0 atom stereocenters. The van der Waals surface area contributed by atoms with Crippen molar-refractivity contribution in [1.29, 1.82) is 0 Å². The Labute approximate surface area is 115 Å². The number of sulfonamides is 1. The van der Waals surface area contributed by atoms with E-state index in [1.807, 2.05) is 0 Å². The highest BCUT2D eigenvalue weighted by Crippen LogP contribution is 2.11. The maximum absolute atomic E-state index is 11.5. The van der Waals surface area contributed by atoms with Gasteiger partial charge in [0.05, 0.1) is 10.7 Å². The Kier molecular flexibility index (Phi) is 5.59. The molecule has 0 fully saturated rings. The van der Waals surface area contributed by atoms with Gasteiger partial charge in [0.2, 0.25) is 10.0 Å². The van der Waals surface area contributed by atoms with E-state index in [2.05, 4.69) is 4.72 Å². The summed E-state index contributed by atoms with van der Waals surface area (Å²) in [7, 11) is -3.55. The van der Waals surface area contributed by atoms with Gasteiger partial charge >= 0.3 is 5.97 Å². The molecule has 0 spiro atoms. The van der Waals surface area contributed by atoms with Crippen molar-refractivity contribution < 1.29 is 23.2 Å². The Bertz CT molecular complexity index is 581. The Hall–Kier alpha value is -2.00. The number of carboxylic acids is 1. The highest BCUT2D eigenvalue weighted by atomic mass is 32.2. The number of aliphatic carboxylic acids is 1. The number of carbonyl (C=O) groups is 1. The average Bonchev–Trinajstić information content (AvgIpc) is 2.36. The largest absolute Gasteiger partial charge is 0.481 e. The van der Waals surface area contributed by atoms with Crippen molar-refractivity contribution in [2.75, 3.05) is 5.75 Å². The predicted octanol–water partition coefficient (Wildman–Crippen LogP) is 0.879. The van der Waals surface area contributed by atoms with E-state index in [1.54, 1.807) is 0 Å². The number of carboxylic acid groups (broad SMARTS) is 1. The van der Waals surface area contributed by atoms with Gasteiger partial charge in [0, 0.05) is 25.1 Å². The number of non-ortho nitro benzene ring substituents is 1. The minimum atomic E-state index is -3.55. The van der Waals surface area contributed by atoms with E-state index in [0.717, 1.165) is 0 Å². The van der Waals surface area contributed by atoms with Crippen LogP contribution in [0.5, 0.6) is 0 Å². The molecule has 1 rings (SSSR count). The molecule has 20 heavy (non-hydrogen) atoms. The zero-order valence-electron chi connectivity index (χ0n) is 10.5. The van der Waals surface area contributed by atoms with Gasteiger partial charge in [-0.2, -0.15) is 0 Å². The number of nitro groups is 1. The van der Waals surface area contributed by atoms with E-state index in [4.69, 9.17) is 5.11 Å². The van der Waals surface area contributed by atoms with E-state index in [-0.39, 0.29) is 30.8 Å². The van der Waals surface area contributed by atoms with Gasteiger partial charge in [-0.1, -0.05) is 12.1 Å². The number of nitrogens with one attached hydrogen (secondary N) is 1. The monoisotopic (exact) mass is 302 g/mol. The summed E-state index contributed by atoms with van der Waals surface area (Å²) < 4.78 is 25.4. The summed E-state index contributed by atoms with van der Waals surface area (Å²) in [6.45, 7) is 0.00734. The van der Waals surface area contributed by atoms with Crippen LogP contribution in [0.4, 0.5) is 5.69 Å². The lowest BCUT2D eigenvalue weighted by molar-refractivity contribution is -0.384. The molecule has 0 aromatic heterocycles. The molecule has 110 valence electrons. The third-order valence-corrected chi connectivity index (χ3v) is 3.86. The van der Waals surface area contributed by atoms with Crippen LogP contribution in [0, 0.1) is 10.1 Å². The maximum Gasteiger partial charge on any atom is 0.303 e. The van der Waals surface area contributed by atoms with Crippen LogP contribution >= 0.6 is 0 Å². The number of nitrogens with zero attached hydrogens (tertiary/aromatic N) is 1. The number of hydrogen-bond acceptors (Lipinski definition) is 5. The molecule has 0 radical (unpaired) electrons. The van der Waals surface area contributed by atoms with Gasteiger partial charge in [0.25, 0.3) is 5.69 Å². The highest BCUT2D eigenvalue weighted by molar-refractivity contribution is 7.89. The van der Waals surface area contributed by atoms with Gasteiger partial charge in [-0.3, -0.25) is 14.9 Å². The number of rotatable bonds is 8. The second-order valence-corrected chi connectivity index (χ2v) is 5.99. The molecular weight excluding hydrogens is 288 g/mol.